The number of carbonyl (C=O) groups is 1. The van der Waals surface area contributed by atoms with E-state index >= 15 is 0 Å². The van der Waals surface area contributed by atoms with Crippen LogP contribution in [0.3, 0.4) is 0 Å². The van der Waals surface area contributed by atoms with Gasteiger partial charge in [-0.1, -0.05) is 18.2 Å². The van der Waals surface area contributed by atoms with Gasteiger partial charge < -0.3 is 5.32 Å². The molecular formula is C16H18F6N2OS. The molecule has 1 aromatic rings. The molecule has 0 radical (unpaired) electrons. The van der Waals surface area contributed by atoms with Crippen molar-refractivity contribution in [3.05, 3.63) is 35.4 Å². The quantitative estimate of drug-likeness (QED) is 0.758. The highest BCUT2D eigenvalue weighted by Crippen LogP contribution is 2.30. The topological polar surface area (TPSA) is 32.3 Å². The number of thioether (sulfide) groups is 1. The molecule has 1 aromatic carbocycles. The van der Waals surface area contributed by atoms with Crippen LogP contribution < -0.4 is 5.32 Å². The highest BCUT2D eigenvalue weighted by atomic mass is 32.2. The number of amides is 1. The number of nitrogens with one attached hydrogen (secondary N) is 1. The van der Waals surface area contributed by atoms with Gasteiger partial charge in [0.25, 0.3) is 0 Å². The van der Waals surface area contributed by atoms with Gasteiger partial charge in [-0.25, -0.2) is 0 Å². The van der Waals surface area contributed by atoms with Gasteiger partial charge >= 0.3 is 11.7 Å². The number of halogens is 6. The monoisotopic (exact) mass is 400 g/mol. The van der Waals surface area contributed by atoms with Crippen LogP contribution in [0.15, 0.2) is 24.3 Å². The van der Waals surface area contributed by atoms with E-state index in [1.807, 2.05) is 4.90 Å². The summed E-state index contributed by atoms with van der Waals surface area (Å²) in [5.41, 5.74) is -4.59. The molecule has 1 aliphatic heterocycles. The second-order valence-corrected chi connectivity index (χ2v) is 7.09. The maximum absolute atomic E-state index is 12.7. The second-order valence-electron chi connectivity index (χ2n) is 6.05. The summed E-state index contributed by atoms with van der Waals surface area (Å²) in [5.74, 6) is -1.34. The van der Waals surface area contributed by atoms with Crippen molar-refractivity contribution in [2.24, 2.45) is 0 Å². The molecule has 0 aromatic heterocycles. The Morgan fingerprint density at radius 3 is 2.38 bits per heavy atom. The normalized spacial score (nSPS) is 17.3. The minimum Gasteiger partial charge on any atom is -0.353 e. The Bertz CT molecular complexity index is 611. The maximum atomic E-state index is 12.7. The smallest absolute Gasteiger partial charge is 0.353 e. The summed E-state index contributed by atoms with van der Waals surface area (Å²) in [4.78, 5) is 13.5. The Balaban J connectivity index is 1.77. The molecule has 1 N–H and O–H groups in total. The molecule has 0 saturated carbocycles. The van der Waals surface area contributed by atoms with Gasteiger partial charge in [0.15, 0.2) is 0 Å². The third-order valence-corrected chi connectivity index (χ3v) is 4.71. The average molecular weight is 400 g/mol. The number of carbonyl (C=O) groups excluding carboxylic acids is 1. The van der Waals surface area contributed by atoms with Crippen LogP contribution in [0.4, 0.5) is 26.3 Å². The first-order chi connectivity index (χ1) is 12.0. The van der Waals surface area contributed by atoms with E-state index in [0.717, 1.165) is 12.1 Å². The van der Waals surface area contributed by atoms with Gasteiger partial charge in [-0.05, 0) is 36.2 Å². The molecule has 2 rings (SSSR count). The lowest BCUT2D eigenvalue weighted by Crippen LogP contribution is -2.45. The lowest BCUT2D eigenvalue weighted by Gasteiger charge is -2.32. The molecule has 0 atom stereocenters. The van der Waals surface area contributed by atoms with Gasteiger partial charge in [-0.15, -0.1) is 0 Å². The van der Waals surface area contributed by atoms with Crippen molar-refractivity contribution in [1.82, 2.24) is 10.2 Å². The summed E-state index contributed by atoms with van der Waals surface area (Å²) >= 11 is -0.378. The van der Waals surface area contributed by atoms with Crippen molar-refractivity contribution in [3.8, 4) is 0 Å². The van der Waals surface area contributed by atoms with E-state index in [-0.39, 0.29) is 17.8 Å². The summed E-state index contributed by atoms with van der Waals surface area (Å²) in [7, 11) is 0. The van der Waals surface area contributed by atoms with Gasteiger partial charge in [0.2, 0.25) is 5.91 Å². The number of piperidine rings is 1. The summed E-state index contributed by atoms with van der Waals surface area (Å²) in [6.45, 7) is 1.45. The Hall–Kier alpha value is -1.42. The van der Waals surface area contributed by atoms with Crippen molar-refractivity contribution in [3.63, 3.8) is 0 Å². The number of likely N-dealkylation sites (tertiary alicyclic amines) is 1. The van der Waals surface area contributed by atoms with Crippen molar-refractivity contribution >= 4 is 17.7 Å². The number of hydrogen-bond donors (Lipinski definition) is 1. The van der Waals surface area contributed by atoms with Crippen molar-refractivity contribution in [2.75, 3.05) is 18.8 Å². The lowest BCUT2D eigenvalue weighted by atomic mass is 10.0. The first kappa shape index (κ1) is 20.9. The highest BCUT2D eigenvalue weighted by molar-refractivity contribution is 8.00. The van der Waals surface area contributed by atoms with Crippen molar-refractivity contribution < 1.29 is 31.1 Å². The van der Waals surface area contributed by atoms with Gasteiger partial charge in [0.1, 0.15) is 0 Å². The first-order valence-electron chi connectivity index (χ1n) is 7.91. The van der Waals surface area contributed by atoms with Crippen LogP contribution >= 0.6 is 11.8 Å². The molecule has 1 fully saturated rings. The zero-order chi connectivity index (χ0) is 19.4. The molecular weight excluding hydrogens is 382 g/mol. The molecule has 0 bridgehead atoms. The van der Waals surface area contributed by atoms with E-state index in [9.17, 15) is 31.1 Å². The zero-order valence-electron chi connectivity index (χ0n) is 13.7. The minimum absolute atomic E-state index is 0.214. The molecule has 26 heavy (non-hydrogen) atoms. The van der Waals surface area contributed by atoms with Crippen LogP contribution in [-0.2, 0) is 17.5 Å². The molecule has 0 unspecified atom stereocenters. The van der Waals surface area contributed by atoms with E-state index in [1.165, 1.54) is 6.07 Å². The standard InChI is InChI=1S/C16H18F6N2OS/c17-15(18,19)12-3-1-2-11(8-12)9-24-6-4-13(5-7-24)23-14(25)10-26-16(20,21)22/h1-3,8,13H,4-7,9-10H2,(H,23,25). The molecule has 1 heterocycles. The van der Waals surface area contributed by atoms with Crippen molar-refractivity contribution in [1.29, 1.82) is 0 Å². The number of rotatable bonds is 5. The zero-order valence-corrected chi connectivity index (χ0v) is 14.5. The maximum Gasteiger partial charge on any atom is 0.442 e. The first-order valence-corrected chi connectivity index (χ1v) is 8.90. The van der Waals surface area contributed by atoms with E-state index < -0.39 is 28.9 Å². The lowest BCUT2D eigenvalue weighted by molar-refractivity contribution is -0.137. The third kappa shape index (κ3) is 7.06. The molecule has 0 aliphatic carbocycles. The summed E-state index contributed by atoms with van der Waals surface area (Å²) in [5, 5.41) is 2.57. The van der Waals surface area contributed by atoms with Crippen LogP contribution in [0, 0.1) is 0 Å². The van der Waals surface area contributed by atoms with E-state index in [2.05, 4.69) is 5.32 Å². The average Bonchev–Trinajstić information content (AvgIpc) is 2.54. The number of hydrogen-bond acceptors (Lipinski definition) is 3. The number of benzene rings is 1. The second kappa shape index (κ2) is 8.51. The molecule has 1 amide bonds. The Labute approximate surface area is 151 Å². The van der Waals surface area contributed by atoms with E-state index in [1.54, 1.807) is 6.07 Å². The van der Waals surface area contributed by atoms with E-state index in [0.29, 0.717) is 38.0 Å². The fourth-order valence-electron chi connectivity index (χ4n) is 2.76. The Morgan fingerprint density at radius 1 is 1.15 bits per heavy atom. The van der Waals surface area contributed by atoms with Crippen LogP contribution in [0.5, 0.6) is 0 Å². The Kier molecular flexibility index (Phi) is 6.84. The summed E-state index contributed by atoms with van der Waals surface area (Å²) in [6.07, 6.45) is -3.30. The molecule has 1 saturated heterocycles. The number of alkyl halides is 6. The third-order valence-electron chi connectivity index (χ3n) is 3.98. The summed E-state index contributed by atoms with van der Waals surface area (Å²) in [6, 6.07) is 4.90. The van der Waals surface area contributed by atoms with E-state index in [4.69, 9.17) is 0 Å². The predicted octanol–water partition coefficient (Wildman–Crippen LogP) is 4.04. The fourth-order valence-corrected chi connectivity index (χ4v) is 3.13. The number of nitrogens with zero attached hydrogens (tertiary/aromatic N) is 1. The Morgan fingerprint density at radius 2 is 1.81 bits per heavy atom. The largest absolute Gasteiger partial charge is 0.442 e. The van der Waals surface area contributed by atoms with Crippen LogP contribution in [0.25, 0.3) is 0 Å². The van der Waals surface area contributed by atoms with Crippen LogP contribution in [0.2, 0.25) is 0 Å². The SMILES string of the molecule is O=C(CSC(F)(F)F)NC1CCN(Cc2cccc(C(F)(F)F)c2)CC1. The van der Waals surface area contributed by atoms with Crippen LogP contribution in [-0.4, -0.2) is 41.2 Å². The molecule has 146 valence electrons. The van der Waals surface area contributed by atoms with Gasteiger partial charge in [-0.3, -0.25) is 9.69 Å². The predicted molar refractivity (Wildman–Crippen MR) is 86.4 cm³/mol. The fraction of sp³-hybridized carbons (Fsp3) is 0.562. The van der Waals surface area contributed by atoms with Gasteiger partial charge in [-0.2, -0.15) is 26.3 Å². The van der Waals surface area contributed by atoms with Gasteiger partial charge in [0, 0.05) is 25.7 Å². The summed E-state index contributed by atoms with van der Waals surface area (Å²) < 4.78 is 74.4. The molecule has 3 nitrogen and oxygen atoms in total. The van der Waals surface area contributed by atoms with Crippen LogP contribution in [0.1, 0.15) is 24.0 Å². The molecule has 1 aliphatic rings. The molecule has 0 spiro atoms. The van der Waals surface area contributed by atoms with Crippen molar-refractivity contribution in [2.45, 2.75) is 37.1 Å². The highest BCUT2D eigenvalue weighted by Gasteiger charge is 2.31. The molecule has 10 heteroatoms. The minimum atomic E-state index is -4.44. The van der Waals surface area contributed by atoms with Gasteiger partial charge in [0.05, 0.1) is 11.3 Å².